The quantitative estimate of drug-likeness (QED) is 0.788. The molecule has 0 aliphatic heterocycles. The average molecular weight is 217 g/mol. The summed E-state index contributed by atoms with van der Waals surface area (Å²) in [7, 11) is 0. The van der Waals surface area contributed by atoms with E-state index in [0.717, 1.165) is 0 Å². The van der Waals surface area contributed by atoms with Crippen molar-refractivity contribution in [3.63, 3.8) is 0 Å². The van der Waals surface area contributed by atoms with E-state index in [9.17, 15) is 8.78 Å². The number of hydrogen-bond donors (Lipinski definition) is 1. The number of nitrogen functional groups attached to an aromatic ring is 1. The van der Waals surface area contributed by atoms with E-state index >= 15 is 0 Å². The van der Waals surface area contributed by atoms with Gasteiger partial charge in [0.1, 0.15) is 5.75 Å². The van der Waals surface area contributed by atoms with Crippen LogP contribution in [0.25, 0.3) is 0 Å². The van der Waals surface area contributed by atoms with Crippen LogP contribution in [0.15, 0.2) is 18.2 Å². The maximum absolute atomic E-state index is 12.0. The molecule has 1 rings (SSSR count). The van der Waals surface area contributed by atoms with Crippen molar-refractivity contribution >= 4 is 5.69 Å². The molecule has 0 fully saturated rings. The summed E-state index contributed by atoms with van der Waals surface area (Å²) in [5.41, 5.74) is 5.61. The summed E-state index contributed by atoms with van der Waals surface area (Å²) >= 11 is 0. The van der Waals surface area contributed by atoms with Crippen molar-refractivity contribution in [2.75, 3.05) is 5.73 Å². The minimum absolute atomic E-state index is 0.0342. The van der Waals surface area contributed by atoms with Crippen LogP contribution in [0.2, 0.25) is 0 Å². The van der Waals surface area contributed by atoms with Crippen molar-refractivity contribution in [1.29, 1.82) is 0 Å². The number of hydrogen-bond acceptors (Lipinski definition) is 3. The lowest BCUT2D eigenvalue weighted by Gasteiger charge is -2.12. The molecule has 0 aliphatic carbocycles. The van der Waals surface area contributed by atoms with Crippen LogP contribution in [0.4, 0.5) is 14.5 Å². The highest BCUT2D eigenvalue weighted by atomic mass is 19.3. The first kappa shape index (κ1) is 11.6. The highest BCUT2D eigenvalue weighted by molar-refractivity contribution is 5.55. The molecule has 0 spiro atoms. The van der Waals surface area contributed by atoms with Gasteiger partial charge in [-0.1, -0.05) is 0 Å². The second kappa shape index (κ2) is 4.82. The molecule has 84 valence electrons. The van der Waals surface area contributed by atoms with Crippen LogP contribution in [-0.2, 0) is 0 Å². The molecular formula is C10H13F2NO2. The molecule has 0 saturated heterocycles. The molecule has 3 nitrogen and oxygen atoms in total. The molecule has 0 radical (unpaired) electrons. The lowest BCUT2D eigenvalue weighted by Crippen LogP contribution is -2.07. The van der Waals surface area contributed by atoms with E-state index in [1.165, 1.54) is 12.1 Å². The van der Waals surface area contributed by atoms with E-state index in [1.54, 1.807) is 6.07 Å². The third-order valence-electron chi connectivity index (χ3n) is 1.57. The Labute approximate surface area is 86.8 Å². The van der Waals surface area contributed by atoms with Gasteiger partial charge in [-0.2, -0.15) is 8.78 Å². The first-order valence-corrected chi connectivity index (χ1v) is 4.50. The Hall–Kier alpha value is -1.52. The Morgan fingerprint density at radius 3 is 2.40 bits per heavy atom. The second-order valence-electron chi connectivity index (χ2n) is 3.24. The van der Waals surface area contributed by atoms with Gasteiger partial charge >= 0.3 is 6.61 Å². The third kappa shape index (κ3) is 3.61. The summed E-state index contributed by atoms with van der Waals surface area (Å²) in [6.45, 7) is 0.787. The van der Waals surface area contributed by atoms with Crippen LogP contribution >= 0.6 is 0 Å². The van der Waals surface area contributed by atoms with Crippen molar-refractivity contribution in [2.45, 2.75) is 26.6 Å². The van der Waals surface area contributed by atoms with E-state index in [-0.39, 0.29) is 17.5 Å². The molecule has 0 atom stereocenters. The van der Waals surface area contributed by atoms with Gasteiger partial charge in [-0.25, -0.2) is 0 Å². The molecule has 0 unspecified atom stereocenters. The normalized spacial score (nSPS) is 10.8. The average Bonchev–Trinajstić information content (AvgIpc) is 2.09. The maximum Gasteiger partial charge on any atom is 0.387 e. The molecule has 0 aliphatic rings. The number of halogens is 2. The van der Waals surface area contributed by atoms with Crippen molar-refractivity contribution in [2.24, 2.45) is 0 Å². The summed E-state index contributed by atoms with van der Waals surface area (Å²) in [5.74, 6) is 0.387. The lowest BCUT2D eigenvalue weighted by molar-refractivity contribution is -0.0494. The van der Waals surface area contributed by atoms with Crippen LogP contribution in [-0.4, -0.2) is 12.7 Å². The Balaban J connectivity index is 2.85. The van der Waals surface area contributed by atoms with Crippen LogP contribution in [0.5, 0.6) is 11.5 Å². The van der Waals surface area contributed by atoms with Crippen molar-refractivity contribution in [3.05, 3.63) is 18.2 Å². The molecule has 2 N–H and O–H groups in total. The SMILES string of the molecule is CC(C)Oc1ccc(N)c(OC(F)F)c1. The standard InChI is InChI=1S/C10H13F2NO2/c1-6(2)14-7-3-4-8(13)9(5-7)15-10(11)12/h3-6,10H,13H2,1-2H3. The monoisotopic (exact) mass is 217 g/mol. The molecular weight excluding hydrogens is 204 g/mol. The van der Waals surface area contributed by atoms with Crippen LogP contribution < -0.4 is 15.2 Å². The predicted octanol–water partition coefficient (Wildman–Crippen LogP) is 2.66. The van der Waals surface area contributed by atoms with E-state index in [0.29, 0.717) is 5.75 Å². The van der Waals surface area contributed by atoms with Crippen molar-refractivity contribution in [3.8, 4) is 11.5 Å². The third-order valence-corrected chi connectivity index (χ3v) is 1.57. The molecule has 15 heavy (non-hydrogen) atoms. The number of rotatable bonds is 4. The second-order valence-corrected chi connectivity index (χ2v) is 3.24. The van der Waals surface area contributed by atoms with Gasteiger partial charge < -0.3 is 15.2 Å². The van der Waals surface area contributed by atoms with Gasteiger partial charge in [0.2, 0.25) is 0 Å². The van der Waals surface area contributed by atoms with Gasteiger partial charge in [0.15, 0.2) is 5.75 Å². The molecule has 1 aromatic carbocycles. The predicted molar refractivity (Wildman–Crippen MR) is 53.3 cm³/mol. The van der Waals surface area contributed by atoms with Crippen molar-refractivity contribution in [1.82, 2.24) is 0 Å². The molecule has 0 saturated carbocycles. The number of alkyl halides is 2. The Kier molecular flexibility index (Phi) is 3.71. The molecule has 0 aromatic heterocycles. The molecule has 0 bridgehead atoms. The summed E-state index contributed by atoms with van der Waals surface area (Å²) in [5, 5.41) is 0. The molecule has 0 amide bonds. The van der Waals surface area contributed by atoms with Gasteiger partial charge in [-0.05, 0) is 26.0 Å². The smallest absolute Gasteiger partial charge is 0.387 e. The van der Waals surface area contributed by atoms with Gasteiger partial charge in [0, 0.05) is 6.07 Å². The maximum atomic E-state index is 12.0. The zero-order chi connectivity index (χ0) is 11.4. The summed E-state index contributed by atoms with van der Waals surface area (Å²) in [4.78, 5) is 0. The van der Waals surface area contributed by atoms with Gasteiger partial charge in [0.05, 0.1) is 11.8 Å². The Bertz CT molecular complexity index is 329. The molecule has 5 heteroatoms. The lowest BCUT2D eigenvalue weighted by atomic mass is 10.3. The van der Waals surface area contributed by atoms with E-state index in [1.807, 2.05) is 13.8 Å². The fraction of sp³-hybridized carbons (Fsp3) is 0.400. The first-order valence-electron chi connectivity index (χ1n) is 4.50. The van der Waals surface area contributed by atoms with Crippen LogP contribution in [0.1, 0.15) is 13.8 Å². The largest absolute Gasteiger partial charge is 0.491 e. The summed E-state index contributed by atoms with van der Waals surface area (Å²) in [6.07, 6.45) is -0.0342. The van der Waals surface area contributed by atoms with Crippen LogP contribution in [0, 0.1) is 0 Å². The zero-order valence-corrected chi connectivity index (χ0v) is 8.54. The summed E-state index contributed by atoms with van der Waals surface area (Å²) < 4.78 is 33.5. The van der Waals surface area contributed by atoms with E-state index in [4.69, 9.17) is 10.5 Å². The highest BCUT2D eigenvalue weighted by Crippen LogP contribution is 2.28. The van der Waals surface area contributed by atoms with E-state index < -0.39 is 6.61 Å². The minimum atomic E-state index is -2.89. The Morgan fingerprint density at radius 1 is 1.20 bits per heavy atom. The van der Waals surface area contributed by atoms with Crippen LogP contribution in [0.3, 0.4) is 0 Å². The molecule has 1 aromatic rings. The van der Waals surface area contributed by atoms with E-state index in [2.05, 4.69) is 4.74 Å². The van der Waals surface area contributed by atoms with Crippen molar-refractivity contribution < 1.29 is 18.3 Å². The van der Waals surface area contributed by atoms with Gasteiger partial charge in [0.25, 0.3) is 0 Å². The Morgan fingerprint density at radius 2 is 1.87 bits per heavy atom. The zero-order valence-electron chi connectivity index (χ0n) is 8.54. The fourth-order valence-electron chi connectivity index (χ4n) is 1.06. The number of benzene rings is 1. The van der Waals surface area contributed by atoms with Gasteiger partial charge in [-0.3, -0.25) is 0 Å². The highest BCUT2D eigenvalue weighted by Gasteiger charge is 2.09. The minimum Gasteiger partial charge on any atom is -0.491 e. The number of ether oxygens (including phenoxy) is 2. The number of nitrogens with two attached hydrogens (primary N) is 1. The topological polar surface area (TPSA) is 44.5 Å². The fourth-order valence-corrected chi connectivity index (χ4v) is 1.06. The van der Waals surface area contributed by atoms with Gasteiger partial charge in [-0.15, -0.1) is 0 Å². The first-order chi connectivity index (χ1) is 6.99. The summed E-state index contributed by atoms with van der Waals surface area (Å²) in [6, 6.07) is 4.42. The molecule has 0 heterocycles. The number of anilines is 1.